The van der Waals surface area contributed by atoms with Crippen LogP contribution in [0.3, 0.4) is 0 Å². The third kappa shape index (κ3) is 2.57. The topological polar surface area (TPSA) is 34.4 Å². The van der Waals surface area contributed by atoms with E-state index in [0.717, 1.165) is 17.6 Å². The number of carbonyl (C=O) groups is 1. The maximum atomic E-state index is 14.1. The fourth-order valence-electron chi connectivity index (χ4n) is 2.45. The van der Waals surface area contributed by atoms with Crippen LogP contribution in [-0.4, -0.2) is 15.4 Å². The van der Waals surface area contributed by atoms with Gasteiger partial charge in [0.2, 0.25) is 0 Å². The zero-order valence-corrected chi connectivity index (χ0v) is 13.8. The number of rotatable bonds is 3. The number of nitrogens with zero attached hydrogens (tertiary/aromatic N) is 2. The molecule has 3 rings (SSSR count). The van der Waals surface area contributed by atoms with Crippen LogP contribution >= 0.6 is 15.9 Å². The molecule has 0 unspecified atom stereocenters. The maximum Gasteiger partial charge on any atom is 0.159 e. The number of hydrogen-bond acceptors (Lipinski definition) is 2. The van der Waals surface area contributed by atoms with E-state index in [-0.39, 0.29) is 11.6 Å². The van der Waals surface area contributed by atoms with E-state index in [1.165, 1.54) is 13.0 Å². The molecule has 0 aliphatic heterocycles. The summed E-state index contributed by atoms with van der Waals surface area (Å²) in [6.07, 6.45) is 0.738. The highest BCUT2D eigenvalue weighted by Gasteiger charge is 2.13. The molecule has 0 N–H and O–H groups in total. The first-order valence-electron chi connectivity index (χ1n) is 6.98. The van der Waals surface area contributed by atoms with E-state index in [9.17, 15) is 9.18 Å². The van der Waals surface area contributed by atoms with Crippen molar-refractivity contribution in [3.8, 4) is 11.3 Å². The highest BCUT2D eigenvalue weighted by atomic mass is 79.9. The van der Waals surface area contributed by atoms with Gasteiger partial charge in [0, 0.05) is 21.3 Å². The number of Topliss-reactive ketones (excluding diaryl/α,β-unsaturated/α-hetero) is 1. The van der Waals surface area contributed by atoms with Crippen molar-refractivity contribution < 1.29 is 9.18 Å². The second-order valence-electron chi connectivity index (χ2n) is 5.14. The van der Waals surface area contributed by atoms with E-state index in [1.807, 2.05) is 13.0 Å². The average molecular weight is 361 g/mol. The predicted molar refractivity (Wildman–Crippen MR) is 87.7 cm³/mol. The number of benzene rings is 1. The van der Waals surface area contributed by atoms with Gasteiger partial charge in [-0.2, -0.15) is 5.10 Å². The van der Waals surface area contributed by atoms with Gasteiger partial charge in [0.05, 0.1) is 11.2 Å². The van der Waals surface area contributed by atoms with Gasteiger partial charge in [-0.3, -0.25) is 4.79 Å². The number of halogens is 2. The molecule has 0 spiro atoms. The van der Waals surface area contributed by atoms with Gasteiger partial charge in [-0.15, -0.1) is 0 Å². The van der Waals surface area contributed by atoms with Gasteiger partial charge in [-0.1, -0.05) is 22.9 Å². The fraction of sp³-hybridized carbons (Fsp3) is 0.176. The Labute approximate surface area is 135 Å². The Morgan fingerprint density at radius 2 is 2.05 bits per heavy atom. The van der Waals surface area contributed by atoms with Gasteiger partial charge < -0.3 is 0 Å². The SMILES string of the molecule is CCc1cc(C(C)=O)cc2cc(-c3ccc(Br)cc3F)nn12. The minimum atomic E-state index is -0.331. The quantitative estimate of drug-likeness (QED) is 0.636. The second-order valence-corrected chi connectivity index (χ2v) is 6.05. The summed E-state index contributed by atoms with van der Waals surface area (Å²) in [6.45, 7) is 3.54. The first kappa shape index (κ1) is 14.9. The summed E-state index contributed by atoms with van der Waals surface area (Å²) in [4.78, 5) is 11.6. The second kappa shape index (κ2) is 5.65. The summed E-state index contributed by atoms with van der Waals surface area (Å²) in [5, 5.41) is 4.49. The van der Waals surface area contributed by atoms with E-state index in [1.54, 1.807) is 28.8 Å². The van der Waals surface area contributed by atoms with Crippen LogP contribution in [0.4, 0.5) is 4.39 Å². The van der Waals surface area contributed by atoms with Gasteiger partial charge in [-0.05, 0) is 49.7 Å². The van der Waals surface area contributed by atoms with E-state index in [4.69, 9.17) is 0 Å². The molecule has 3 nitrogen and oxygen atoms in total. The zero-order valence-electron chi connectivity index (χ0n) is 12.2. The number of pyridine rings is 1. The van der Waals surface area contributed by atoms with Crippen molar-refractivity contribution in [2.24, 2.45) is 0 Å². The van der Waals surface area contributed by atoms with Crippen LogP contribution in [0.25, 0.3) is 16.8 Å². The molecule has 0 aliphatic carbocycles. The van der Waals surface area contributed by atoms with Crippen LogP contribution < -0.4 is 0 Å². The largest absolute Gasteiger partial charge is 0.295 e. The average Bonchev–Trinajstić information content (AvgIpc) is 2.89. The molecule has 3 aromatic rings. The van der Waals surface area contributed by atoms with E-state index in [2.05, 4.69) is 21.0 Å². The minimum absolute atomic E-state index is 0.00905. The van der Waals surface area contributed by atoms with E-state index >= 15 is 0 Å². The number of hydrogen-bond donors (Lipinski definition) is 0. The maximum absolute atomic E-state index is 14.1. The molecule has 5 heteroatoms. The van der Waals surface area contributed by atoms with Crippen LogP contribution in [0.15, 0.2) is 40.9 Å². The molecule has 0 fully saturated rings. The molecule has 0 saturated heterocycles. The summed E-state index contributed by atoms with van der Waals surface area (Å²) in [5.41, 5.74) is 3.36. The molecule has 0 atom stereocenters. The van der Waals surface area contributed by atoms with Gasteiger partial charge >= 0.3 is 0 Å². The normalized spacial score (nSPS) is 11.1. The van der Waals surface area contributed by atoms with Crippen molar-refractivity contribution in [1.29, 1.82) is 0 Å². The van der Waals surface area contributed by atoms with Crippen LogP contribution in [0.5, 0.6) is 0 Å². The summed E-state index contributed by atoms with van der Waals surface area (Å²) >= 11 is 3.25. The van der Waals surface area contributed by atoms with Gasteiger partial charge in [0.15, 0.2) is 5.78 Å². The highest BCUT2D eigenvalue weighted by Crippen LogP contribution is 2.26. The van der Waals surface area contributed by atoms with Gasteiger partial charge in [0.1, 0.15) is 5.82 Å². The lowest BCUT2D eigenvalue weighted by Gasteiger charge is -2.04. The highest BCUT2D eigenvalue weighted by molar-refractivity contribution is 9.10. The Bertz CT molecular complexity index is 886. The molecule has 0 radical (unpaired) electrons. The number of aromatic nitrogens is 2. The Hall–Kier alpha value is -2.01. The zero-order chi connectivity index (χ0) is 15.9. The molecular weight excluding hydrogens is 347 g/mol. The van der Waals surface area contributed by atoms with Gasteiger partial charge in [-0.25, -0.2) is 8.91 Å². The predicted octanol–water partition coefficient (Wildman–Crippen LogP) is 4.67. The Balaban J connectivity index is 2.22. The van der Waals surface area contributed by atoms with Crippen LogP contribution in [0, 0.1) is 5.82 Å². The lowest BCUT2D eigenvalue weighted by molar-refractivity contribution is 0.101. The van der Waals surface area contributed by atoms with Crippen molar-refractivity contribution >= 4 is 27.2 Å². The number of aryl methyl sites for hydroxylation is 1. The molecule has 0 amide bonds. The van der Waals surface area contributed by atoms with Crippen LogP contribution in [0.2, 0.25) is 0 Å². The van der Waals surface area contributed by atoms with Crippen LogP contribution in [0.1, 0.15) is 29.9 Å². The number of ketones is 1. The Morgan fingerprint density at radius 1 is 1.27 bits per heavy atom. The third-order valence-corrected chi connectivity index (χ3v) is 4.10. The fourth-order valence-corrected chi connectivity index (χ4v) is 2.79. The van der Waals surface area contributed by atoms with Gasteiger partial charge in [0.25, 0.3) is 0 Å². The molecule has 22 heavy (non-hydrogen) atoms. The summed E-state index contributed by atoms with van der Waals surface area (Å²) in [7, 11) is 0. The molecule has 112 valence electrons. The first-order chi connectivity index (χ1) is 10.5. The van der Waals surface area contributed by atoms with E-state index < -0.39 is 0 Å². The van der Waals surface area contributed by atoms with Crippen LogP contribution in [-0.2, 0) is 6.42 Å². The number of fused-ring (bicyclic) bond motifs is 1. The van der Waals surface area contributed by atoms with Crippen molar-refractivity contribution in [1.82, 2.24) is 9.61 Å². The first-order valence-corrected chi connectivity index (χ1v) is 7.78. The van der Waals surface area contributed by atoms with Crippen molar-refractivity contribution in [2.75, 3.05) is 0 Å². The molecular formula is C17H14BrFN2O. The molecule has 0 bridgehead atoms. The smallest absolute Gasteiger partial charge is 0.159 e. The Kier molecular flexibility index (Phi) is 3.83. The third-order valence-electron chi connectivity index (χ3n) is 3.61. The standard InChI is InChI=1S/C17H14BrFN2O/c1-3-13-6-11(10(2)22)7-14-9-17(20-21(13)14)15-5-4-12(18)8-16(15)19/h4-9H,3H2,1-2H3. The molecule has 2 heterocycles. The van der Waals surface area contributed by atoms with E-state index in [0.29, 0.717) is 21.3 Å². The van der Waals surface area contributed by atoms with Crippen molar-refractivity contribution in [2.45, 2.75) is 20.3 Å². The molecule has 0 aliphatic rings. The summed E-state index contributed by atoms with van der Waals surface area (Å²) in [6, 6.07) is 10.3. The number of carbonyl (C=O) groups excluding carboxylic acids is 1. The molecule has 2 aromatic heterocycles. The minimum Gasteiger partial charge on any atom is -0.295 e. The monoisotopic (exact) mass is 360 g/mol. The Morgan fingerprint density at radius 3 is 2.68 bits per heavy atom. The summed E-state index contributed by atoms with van der Waals surface area (Å²) < 4.78 is 16.6. The molecule has 0 saturated carbocycles. The van der Waals surface area contributed by atoms with Crippen molar-refractivity contribution in [3.63, 3.8) is 0 Å². The molecule has 1 aromatic carbocycles. The van der Waals surface area contributed by atoms with Crippen molar-refractivity contribution in [3.05, 3.63) is 57.9 Å². The lowest BCUT2D eigenvalue weighted by atomic mass is 10.1. The lowest BCUT2D eigenvalue weighted by Crippen LogP contribution is -2.02. The summed E-state index contributed by atoms with van der Waals surface area (Å²) in [5.74, 6) is -0.322.